The lowest BCUT2D eigenvalue weighted by Gasteiger charge is -2.16. The van der Waals surface area contributed by atoms with Crippen molar-refractivity contribution < 1.29 is 23.8 Å². The SMILES string of the molecule is C=CCOC(=O)N[C@@H](CC(=O)O)Cc1cccc(F)c1. The monoisotopic (exact) mass is 281 g/mol. The van der Waals surface area contributed by atoms with Crippen LogP contribution in [0.5, 0.6) is 0 Å². The number of hydrogen-bond acceptors (Lipinski definition) is 3. The van der Waals surface area contributed by atoms with Crippen LogP contribution in [0, 0.1) is 5.82 Å². The summed E-state index contributed by atoms with van der Waals surface area (Å²) in [5.41, 5.74) is 0.597. The molecule has 1 rings (SSSR count). The first-order chi connectivity index (χ1) is 9.51. The lowest BCUT2D eigenvalue weighted by molar-refractivity contribution is -0.137. The van der Waals surface area contributed by atoms with E-state index in [1.54, 1.807) is 6.07 Å². The topological polar surface area (TPSA) is 75.6 Å². The maximum atomic E-state index is 13.1. The number of carboxylic acid groups (broad SMARTS) is 1. The van der Waals surface area contributed by atoms with Crippen LogP contribution in [0.1, 0.15) is 12.0 Å². The minimum absolute atomic E-state index is 0.0333. The molecule has 6 heteroatoms. The van der Waals surface area contributed by atoms with Crippen LogP contribution in [0.4, 0.5) is 9.18 Å². The molecule has 0 radical (unpaired) electrons. The highest BCUT2D eigenvalue weighted by atomic mass is 19.1. The van der Waals surface area contributed by atoms with E-state index in [2.05, 4.69) is 11.9 Å². The lowest BCUT2D eigenvalue weighted by atomic mass is 10.0. The molecule has 1 atom stereocenters. The first-order valence-corrected chi connectivity index (χ1v) is 6.01. The third kappa shape index (κ3) is 5.99. The molecule has 1 aromatic carbocycles. The van der Waals surface area contributed by atoms with Gasteiger partial charge in [-0.3, -0.25) is 4.79 Å². The zero-order chi connectivity index (χ0) is 15.0. The summed E-state index contributed by atoms with van der Waals surface area (Å²) in [6.45, 7) is 3.43. The van der Waals surface area contributed by atoms with E-state index in [0.29, 0.717) is 5.56 Å². The van der Waals surface area contributed by atoms with E-state index >= 15 is 0 Å². The molecule has 0 aliphatic carbocycles. The van der Waals surface area contributed by atoms with Gasteiger partial charge in [-0.25, -0.2) is 9.18 Å². The number of carbonyl (C=O) groups is 2. The van der Waals surface area contributed by atoms with Gasteiger partial charge in [-0.15, -0.1) is 0 Å². The number of amides is 1. The van der Waals surface area contributed by atoms with Crippen LogP contribution >= 0.6 is 0 Å². The second-order valence-corrected chi connectivity index (χ2v) is 4.16. The second kappa shape index (κ2) is 7.93. The van der Waals surface area contributed by atoms with Crippen molar-refractivity contribution in [1.29, 1.82) is 0 Å². The third-order valence-electron chi connectivity index (χ3n) is 2.45. The van der Waals surface area contributed by atoms with Crippen molar-refractivity contribution >= 4 is 12.1 Å². The summed E-state index contributed by atoms with van der Waals surface area (Å²) in [7, 11) is 0. The van der Waals surface area contributed by atoms with Gasteiger partial charge in [0, 0.05) is 6.04 Å². The molecule has 0 saturated carbocycles. The normalized spacial score (nSPS) is 11.4. The summed E-state index contributed by atoms with van der Waals surface area (Å²) in [6, 6.07) is 5.10. The summed E-state index contributed by atoms with van der Waals surface area (Å²) in [5.74, 6) is -1.47. The maximum Gasteiger partial charge on any atom is 0.407 e. The predicted octanol–water partition coefficient (Wildman–Crippen LogP) is 2.12. The van der Waals surface area contributed by atoms with E-state index < -0.39 is 23.9 Å². The van der Waals surface area contributed by atoms with Crippen molar-refractivity contribution in [2.75, 3.05) is 6.61 Å². The van der Waals surface area contributed by atoms with Crippen molar-refractivity contribution in [1.82, 2.24) is 5.32 Å². The lowest BCUT2D eigenvalue weighted by Crippen LogP contribution is -2.38. The Bertz CT molecular complexity index is 490. The highest BCUT2D eigenvalue weighted by molar-refractivity contribution is 5.71. The summed E-state index contributed by atoms with van der Waals surface area (Å²) in [5, 5.41) is 11.3. The van der Waals surface area contributed by atoms with Crippen LogP contribution in [0.15, 0.2) is 36.9 Å². The van der Waals surface area contributed by atoms with Gasteiger partial charge in [-0.05, 0) is 24.1 Å². The number of alkyl carbamates (subject to hydrolysis) is 1. The number of carboxylic acids is 1. The fraction of sp³-hybridized carbons (Fsp3) is 0.286. The van der Waals surface area contributed by atoms with Crippen molar-refractivity contribution in [2.24, 2.45) is 0 Å². The van der Waals surface area contributed by atoms with E-state index in [0.717, 1.165) is 0 Å². The Morgan fingerprint density at radius 1 is 1.50 bits per heavy atom. The average molecular weight is 281 g/mol. The number of rotatable bonds is 7. The van der Waals surface area contributed by atoms with Gasteiger partial charge in [0.1, 0.15) is 12.4 Å². The van der Waals surface area contributed by atoms with Crippen LogP contribution in [0.2, 0.25) is 0 Å². The maximum absolute atomic E-state index is 13.1. The Morgan fingerprint density at radius 3 is 2.85 bits per heavy atom. The molecule has 0 heterocycles. The first-order valence-electron chi connectivity index (χ1n) is 6.01. The Labute approximate surface area is 116 Å². The Kier molecular flexibility index (Phi) is 6.22. The number of hydrogen-bond donors (Lipinski definition) is 2. The highest BCUT2D eigenvalue weighted by Crippen LogP contribution is 2.09. The molecule has 0 aliphatic heterocycles. The van der Waals surface area contributed by atoms with Crippen molar-refractivity contribution in [3.8, 4) is 0 Å². The molecule has 0 aliphatic rings. The third-order valence-corrected chi connectivity index (χ3v) is 2.45. The van der Waals surface area contributed by atoms with Crippen molar-refractivity contribution in [3.05, 3.63) is 48.3 Å². The number of nitrogens with one attached hydrogen (secondary N) is 1. The molecule has 0 aromatic heterocycles. The van der Waals surface area contributed by atoms with Gasteiger partial charge in [-0.2, -0.15) is 0 Å². The molecule has 5 nitrogen and oxygen atoms in total. The van der Waals surface area contributed by atoms with Crippen LogP contribution in [0.25, 0.3) is 0 Å². The van der Waals surface area contributed by atoms with Crippen LogP contribution in [-0.4, -0.2) is 29.8 Å². The molecule has 2 N–H and O–H groups in total. The Morgan fingerprint density at radius 2 is 2.25 bits per heavy atom. The van der Waals surface area contributed by atoms with Crippen molar-refractivity contribution in [2.45, 2.75) is 18.9 Å². The van der Waals surface area contributed by atoms with E-state index in [4.69, 9.17) is 9.84 Å². The minimum atomic E-state index is -1.06. The fourth-order valence-electron chi connectivity index (χ4n) is 1.68. The summed E-state index contributed by atoms with van der Waals surface area (Å²) < 4.78 is 17.8. The van der Waals surface area contributed by atoms with E-state index in [9.17, 15) is 14.0 Å². The molecule has 0 spiro atoms. The molecule has 0 unspecified atom stereocenters. The van der Waals surface area contributed by atoms with Gasteiger partial charge < -0.3 is 15.2 Å². The van der Waals surface area contributed by atoms with Crippen LogP contribution in [-0.2, 0) is 16.0 Å². The molecule has 0 saturated heterocycles. The molecular weight excluding hydrogens is 265 g/mol. The number of halogens is 1. The van der Waals surface area contributed by atoms with Gasteiger partial charge in [0.2, 0.25) is 0 Å². The Hall–Kier alpha value is -2.37. The standard InChI is InChI=1S/C14H16FNO4/c1-2-6-20-14(19)16-12(9-13(17)18)8-10-4-3-5-11(15)7-10/h2-5,7,12H,1,6,8-9H2,(H,16,19)(H,17,18)/t12-/m1/s1. The zero-order valence-corrected chi connectivity index (χ0v) is 10.8. The zero-order valence-electron chi connectivity index (χ0n) is 10.8. The molecule has 1 aromatic rings. The summed E-state index contributed by atoms with van der Waals surface area (Å²) >= 11 is 0. The quantitative estimate of drug-likeness (QED) is 0.751. The van der Waals surface area contributed by atoms with E-state index in [1.807, 2.05) is 0 Å². The largest absolute Gasteiger partial charge is 0.481 e. The number of carbonyl (C=O) groups excluding carboxylic acids is 1. The van der Waals surface area contributed by atoms with Gasteiger partial charge in [-0.1, -0.05) is 24.8 Å². The molecule has 0 fully saturated rings. The molecular formula is C14H16FNO4. The van der Waals surface area contributed by atoms with Gasteiger partial charge >= 0.3 is 12.1 Å². The van der Waals surface area contributed by atoms with Crippen LogP contribution < -0.4 is 5.32 Å². The molecule has 1 amide bonds. The predicted molar refractivity (Wildman–Crippen MR) is 70.8 cm³/mol. The summed E-state index contributed by atoms with van der Waals surface area (Å²) in [6.07, 6.45) is 0.596. The smallest absolute Gasteiger partial charge is 0.407 e. The first kappa shape index (κ1) is 15.7. The van der Waals surface area contributed by atoms with Gasteiger partial charge in [0.25, 0.3) is 0 Å². The number of benzene rings is 1. The number of aliphatic carboxylic acids is 1. The number of ether oxygens (including phenoxy) is 1. The Balaban J connectivity index is 2.66. The van der Waals surface area contributed by atoms with Crippen LogP contribution in [0.3, 0.4) is 0 Å². The van der Waals surface area contributed by atoms with Gasteiger partial charge in [0.05, 0.1) is 6.42 Å². The van der Waals surface area contributed by atoms with Crippen molar-refractivity contribution in [3.63, 3.8) is 0 Å². The van der Waals surface area contributed by atoms with E-state index in [1.165, 1.54) is 24.3 Å². The fourth-order valence-corrected chi connectivity index (χ4v) is 1.68. The summed E-state index contributed by atoms with van der Waals surface area (Å²) in [4.78, 5) is 22.2. The van der Waals surface area contributed by atoms with Gasteiger partial charge in [0.15, 0.2) is 0 Å². The second-order valence-electron chi connectivity index (χ2n) is 4.16. The molecule has 20 heavy (non-hydrogen) atoms. The highest BCUT2D eigenvalue weighted by Gasteiger charge is 2.17. The molecule has 0 bridgehead atoms. The minimum Gasteiger partial charge on any atom is -0.481 e. The average Bonchev–Trinajstić information content (AvgIpc) is 2.35. The van der Waals surface area contributed by atoms with E-state index in [-0.39, 0.29) is 19.4 Å². The molecule has 108 valence electrons.